The second-order valence-electron chi connectivity index (χ2n) is 7.09. The predicted octanol–water partition coefficient (Wildman–Crippen LogP) is 1.83. The van der Waals surface area contributed by atoms with Crippen molar-refractivity contribution in [2.45, 2.75) is 58.7 Å². The van der Waals surface area contributed by atoms with Crippen LogP contribution in [-0.4, -0.2) is 55.4 Å². The molecule has 1 aliphatic rings. The van der Waals surface area contributed by atoms with Crippen molar-refractivity contribution < 1.29 is 9.53 Å². The molecule has 0 aliphatic carbocycles. The lowest BCUT2D eigenvalue weighted by Gasteiger charge is -2.37. The Balaban J connectivity index is 2.26. The Morgan fingerprint density at radius 2 is 2.10 bits per heavy atom. The van der Waals surface area contributed by atoms with Crippen LogP contribution in [0.2, 0.25) is 0 Å². The van der Waals surface area contributed by atoms with Crippen molar-refractivity contribution in [3.05, 3.63) is 0 Å². The molecule has 0 aromatic carbocycles. The van der Waals surface area contributed by atoms with Gasteiger partial charge in [0.15, 0.2) is 0 Å². The Labute approximate surface area is 123 Å². The maximum atomic E-state index is 11.6. The van der Waals surface area contributed by atoms with E-state index >= 15 is 0 Å². The van der Waals surface area contributed by atoms with Gasteiger partial charge in [0.1, 0.15) is 5.60 Å². The number of likely N-dealkylation sites (tertiary alicyclic amines) is 1. The number of amides is 1. The van der Waals surface area contributed by atoms with E-state index in [0.29, 0.717) is 18.5 Å². The molecule has 1 saturated heterocycles. The lowest BCUT2D eigenvalue weighted by molar-refractivity contribution is 0.0520. The summed E-state index contributed by atoms with van der Waals surface area (Å²) in [4.78, 5) is 14.0. The zero-order chi connectivity index (χ0) is 15.3. The summed E-state index contributed by atoms with van der Waals surface area (Å²) in [5, 5.41) is 6.43. The van der Waals surface area contributed by atoms with Crippen LogP contribution in [0, 0.1) is 5.92 Å². The monoisotopic (exact) mass is 285 g/mol. The molecule has 1 aliphatic heterocycles. The van der Waals surface area contributed by atoms with Crippen molar-refractivity contribution >= 4 is 6.09 Å². The predicted molar refractivity (Wildman–Crippen MR) is 81.9 cm³/mol. The smallest absolute Gasteiger partial charge is 0.407 e. The van der Waals surface area contributed by atoms with E-state index in [1.165, 1.54) is 0 Å². The van der Waals surface area contributed by atoms with E-state index in [1.54, 1.807) is 0 Å². The van der Waals surface area contributed by atoms with E-state index in [4.69, 9.17) is 4.74 Å². The summed E-state index contributed by atoms with van der Waals surface area (Å²) in [5.74, 6) is 0.637. The number of carbonyl (C=O) groups excluding carboxylic acids is 1. The molecule has 3 atom stereocenters. The average Bonchev–Trinajstić information content (AvgIpc) is 2.28. The fourth-order valence-corrected chi connectivity index (χ4v) is 2.58. The molecule has 5 nitrogen and oxygen atoms in total. The highest BCUT2D eigenvalue weighted by Crippen LogP contribution is 2.15. The van der Waals surface area contributed by atoms with Crippen LogP contribution >= 0.6 is 0 Å². The molecule has 3 unspecified atom stereocenters. The standard InChI is InChI=1S/C15H31N3O2/c1-11-10-18(6)8-7-13(11)17-12(2)9-16-14(19)20-15(3,4)5/h11-13,17H,7-10H2,1-6H3,(H,16,19). The van der Waals surface area contributed by atoms with Gasteiger partial charge in [-0.2, -0.15) is 0 Å². The molecule has 0 saturated carbocycles. The number of piperidine rings is 1. The fraction of sp³-hybridized carbons (Fsp3) is 0.933. The Kier molecular flexibility index (Phi) is 6.27. The number of nitrogens with zero attached hydrogens (tertiary/aromatic N) is 1. The average molecular weight is 285 g/mol. The van der Waals surface area contributed by atoms with Crippen molar-refractivity contribution in [2.24, 2.45) is 5.92 Å². The first-order valence-electron chi connectivity index (χ1n) is 7.59. The van der Waals surface area contributed by atoms with Crippen LogP contribution in [-0.2, 0) is 4.74 Å². The van der Waals surface area contributed by atoms with Crippen molar-refractivity contribution in [1.82, 2.24) is 15.5 Å². The third-order valence-corrected chi connectivity index (χ3v) is 3.56. The molecular weight excluding hydrogens is 254 g/mol. The molecule has 1 rings (SSSR count). The molecule has 0 aromatic rings. The second kappa shape index (κ2) is 7.27. The quantitative estimate of drug-likeness (QED) is 0.827. The minimum atomic E-state index is -0.441. The molecule has 5 heteroatoms. The van der Waals surface area contributed by atoms with Crippen LogP contribution in [0.25, 0.3) is 0 Å². The lowest BCUT2D eigenvalue weighted by Crippen LogP contribution is -2.52. The van der Waals surface area contributed by atoms with E-state index in [9.17, 15) is 4.79 Å². The van der Waals surface area contributed by atoms with Gasteiger partial charge >= 0.3 is 6.09 Å². The molecule has 1 fully saturated rings. The summed E-state index contributed by atoms with van der Waals surface area (Å²) in [5.41, 5.74) is -0.441. The Morgan fingerprint density at radius 3 is 2.65 bits per heavy atom. The number of hydrogen-bond acceptors (Lipinski definition) is 4. The highest BCUT2D eigenvalue weighted by molar-refractivity contribution is 5.67. The van der Waals surface area contributed by atoms with E-state index in [1.807, 2.05) is 20.8 Å². The fourth-order valence-electron chi connectivity index (χ4n) is 2.58. The molecule has 20 heavy (non-hydrogen) atoms. The minimum absolute atomic E-state index is 0.248. The Bertz CT molecular complexity index is 315. The molecule has 0 radical (unpaired) electrons. The number of carbonyl (C=O) groups is 1. The van der Waals surface area contributed by atoms with Crippen molar-refractivity contribution in [3.63, 3.8) is 0 Å². The second-order valence-corrected chi connectivity index (χ2v) is 7.09. The highest BCUT2D eigenvalue weighted by atomic mass is 16.6. The van der Waals surface area contributed by atoms with Crippen LogP contribution in [0.1, 0.15) is 41.0 Å². The topological polar surface area (TPSA) is 53.6 Å². The van der Waals surface area contributed by atoms with Crippen LogP contribution in [0.15, 0.2) is 0 Å². The molecule has 1 heterocycles. The van der Waals surface area contributed by atoms with Crippen LogP contribution in [0.5, 0.6) is 0 Å². The first kappa shape index (κ1) is 17.2. The van der Waals surface area contributed by atoms with E-state index < -0.39 is 5.60 Å². The first-order chi connectivity index (χ1) is 9.17. The van der Waals surface area contributed by atoms with Gasteiger partial charge in [-0.1, -0.05) is 6.92 Å². The normalized spacial score (nSPS) is 26.1. The van der Waals surface area contributed by atoms with Crippen molar-refractivity contribution in [1.29, 1.82) is 0 Å². The third-order valence-electron chi connectivity index (χ3n) is 3.56. The maximum absolute atomic E-state index is 11.6. The summed E-state index contributed by atoms with van der Waals surface area (Å²) in [7, 11) is 2.17. The summed E-state index contributed by atoms with van der Waals surface area (Å²) in [6.45, 7) is 12.8. The molecule has 1 amide bonds. The first-order valence-corrected chi connectivity index (χ1v) is 7.59. The van der Waals surface area contributed by atoms with Crippen LogP contribution in [0.4, 0.5) is 4.79 Å². The van der Waals surface area contributed by atoms with E-state index in [-0.39, 0.29) is 12.1 Å². The number of hydrogen-bond donors (Lipinski definition) is 2. The zero-order valence-corrected chi connectivity index (χ0v) is 13.8. The van der Waals surface area contributed by atoms with Gasteiger partial charge in [0, 0.05) is 25.2 Å². The molecule has 2 N–H and O–H groups in total. The molecule has 118 valence electrons. The van der Waals surface area contributed by atoms with Gasteiger partial charge in [0.05, 0.1) is 0 Å². The number of alkyl carbamates (subject to hydrolysis) is 1. The van der Waals surface area contributed by atoms with Gasteiger partial charge in [0.2, 0.25) is 0 Å². The molecule has 0 spiro atoms. The zero-order valence-electron chi connectivity index (χ0n) is 13.8. The minimum Gasteiger partial charge on any atom is -0.444 e. The number of nitrogens with one attached hydrogen (secondary N) is 2. The van der Waals surface area contributed by atoms with Crippen LogP contribution in [0.3, 0.4) is 0 Å². The maximum Gasteiger partial charge on any atom is 0.407 e. The Morgan fingerprint density at radius 1 is 1.45 bits per heavy atom. The van der Waals surface area contributed by atoms with Crippen LogP contribution < -0.4 is 10.6 Å². The highest BCUT2D eigenvalue weighted by Gasteiger charge is 2.25. The summed E-state index contributed by atoms with van der Waals surface area (Å²) >= 11 is 0. The third kappa shape index (κ3) is 6.57. The number of rotatable bonds is 4. The summed E-state index contributed by atoms with van der Waals surface area (Å²) in [6.07, 6.45) is 0.816. The molecular formula is C15H31N3O2. The van der Waals surface area contributed by atoms with Crippen molar-refractivity contribution in [2.75, 3.05) is 26.7 Å². The van der Waals surface area contributed by atoms with Gasteiger partial charge in [-0.3, -0.25) is 0 Å². The largest absolute Gasteiger partial charge is 0.444 e. The SMILES string of the molecule is CC(CNC(=O)OC(C)(C)C)NC1CCN(C)CC1C. The molecule has 0 aromatic heterocycles. The van der Waals surface area contributed by atoms with E-state index in [2.05, 4.69) is 36.4 Å². The van der Waals surface area contributed by atoms with Gasteiger partial charge in [-0.15, -0.1) is 0 Å². The number of ether oxygens (including phenoxy) is 1. The van der Waals surface area contributed by atoms with Gasteiger partial charge in [0.25, 0.3) is 0 Å². The van der Waals surface area contributed by atoms with Gasteiger partial charge in [-0.05, 0) is 53.6 Å². The summed E-state index contributed by atoms with van der Waals surface area (Å²) in [6, 6.07) is 0.778. The van der Waals surface area contributed by atoms with Crippen molar-refractivity contribution in [3.8, 4) is 0 Å². The van der Waals surface area contributed by atoms with E-state index in [0.717, 1.165) is 19.5 Å². The van der Waals surface area contributed by atoms with Gasteiger partial charge in [-0.25, -0.2) is 4.79 Å². The lowest BCUT2D eigenvalue weighted by atomic mass is 9.93. The molecule has 0 bridgehead atoms. The summed E-state index contributed by atoms with van der Waals surface area (Å²) < 4.78 is 5.23. The van der Waals surface area contributed by atoms with Gasteiger partial charge < -0.3 is 20.3 Å². The Hall–Kier alpha value is -0.810.